The molecule has 0 saturated carbocycles. The summed E-state index contributed by atoms with van der Waals surface area (Å²) in [5, 5.41) is 8.95. The first-order chi connectivity index (χ1) is 9.80. The third kappa shape index (κ3) is 4.96. The Balaban J connectivity index is 3.23. The lowest BCUT2D eigenvalue weighted by molar-refractivity contribution is -0.275. The molecule has 2 N–H and O–H groups in total. The van der Waals surface area contributed by atoms with Crippen molar-refractivity contribution < 1.29 is 27.4 Å². The van der Waals surface area contributed by atoms with Gasteiger partial charge in [-0.2, -0.15) is 5.26 Å². The second-order valence-corrected chi connectivity index (χ2v) is 3.96. The van der Waals surface area contributed by atoms with Gasteiger partial charge in [-0.15, -0.1) is 13.2 Å². The number of alkyl halides is 3. The first kappa shape index (κ1) is 16.8. The molecule has 0 fully saturated rings. The third-order valence-electron chi connectivity index (χ3n) is 2.49. The summed E-state index contributed by atoms with van der Waals surface area (Å²) in [6, 6.07) is 3.98. The number of carbonyl (C=O) groups is 1. The zero-order chi connectivity index (χ0) is 16.0. The van der Waals surface area contributed by atoms with E-state index in [1.165, 1.54) is 0 Å². The van der Waals surface area contributed by atoms with E-state index >= 15 is 0 Å². The Hall–Kier alpha value is -2.27. The van der Waals surface area contributed by atoms with Crippen molar-refractivity contribution in [2.75, 3.05) is 6.61 Å². The minimum atomic E-state index is -4.91. The predicted molar refractivity (Wildman–Crippen MR) is 66.1 cm³/mol. The van der Waals surface area contributed by atoms with Crippen molar-refractivity contribution >= 4 is 5.97 Å². The van der Waals surface area contributed by atoms with Crippen LogP contribution in [0.25, 0.3) is 0 Å². The largest absolute Gasteiger partial charge is 0.573 e. The van der Waals surface area contributed by atoms with Crippen LogP contribution in [0.4, 0.5) is 13.2 Å². The first-order valence-electron chi connectivity index (χ1n) is 5.98. The summed E-state index contributed by atoms with van der Waals surface area (Å²) in [6.45, 7) is 1.54. The van der Waals surface area contributed by atoms with Gasteiger partial charge in [-0.05, 0) is 24.6 Å². The summed E-state index contributed by atoms with van der Waals surface area (Å²) in [5.41, 5.74) is 5.58. The minimum absolute atomic E-state index is 0.0838. The van der Waals surface area contributed by atoms with Crippen LogP contribution in [0.2, 0.25) is 0 Å². The van der Waals surface area contributed by atoms with Crippen molar-refractivity contribution in [3.63, 3.8) is 0 Å². The van der Waals surface area contributed by atoms with E-state index in [4.69, 9.17) is 11.0 Å². The summed E-state index contributed by atoms with van der Waals surface area (Å²) in [7, 11) is 0. The number of esters is 1. The van der Waals surface area contributed by atoms with Gasteiger partial charge in [-0.25, -0.2) is 0 Å². The highest BCUT2D eigenvalue weighted by molar-refractivity contribution is 5.74. The number of benzene rings is 1. The second kappa shape index (κ2) is 6.95. The Bertz CT molecular complexity index is 565. The Morgan fingerprint density at radius 2 is 2.05 bits per heavy atom. The number of rotatable bonds is 5. The number of carbonyl (C=O) groups excluding carboxylic acids is 1. The van der Waals surface area contributed by atoms with E-state index in [1.54, 1.807) is 6.92 Å². The highest BCUT2D eigenvalue weighted by atomic mass is 19.4. The molecule has 5 nitrogen and oxygen atoms in total. The number of hydrogen-bond acceptors (Lipinski definition) is 5. The van der Waals surface area contributed by atoms with E-state index in [-0.39, 0.29) is 29.8 Å². The van der Waals surface area contributed by atoms with Crippen molar-refractivity contribution in [1.29, 1.82) is 5.26 Å². The molecule has 1 aromatic rings. The standard InChI is InChI=1S/C13H13F3N2O3/c1-2-20-12(19)5-8-3-9(6-17)10(7-18)4-11(8)21-13(14,15)16/h3-4H,2,5,7,18H2,1H3. The maximum Gasteiger partial charge on any atom is 0.573 e. The van der Waals surface area contributed by atoms with Gasteiger partial charge in [0.05, 0.1) is 24.7 Å². The average molecular weight is 302 g/mol. The van der Waals surface area contributed by atoms with Crippen LogP contribution < -0.4 is 10.5 Å². The Morgan fingerprint density at radius 1 is 1.38 bits per heavy atom. The SMILES string of the molecule is CCOC(=O)Cc1cc(C#N)c(CN)cc1OC(F)(F)F. The molecular weight excluding hydrogens is 289 g/mol. The van der Waals surface area contributed by atoms with E-state index in [1.807, 2.05) is 6.07 Å². The van der Waals surface area contributed by atoms with Gasteiger partial charge in [-0.1, -0.05) is 0 Å². The quantitative estimate of drug-likeness (QED) is 0.841. The predicted octanol–water partition coefficient (Wildman–Crippen LogP) is 2.02. The van der Waals surface area contributed by atoms with Gasteiger partial charge in [0.25, 0.3) is 0 Å². The molecule has 0 bridgehead atoms. The van der Waals surface area contributed by atoms with E-state index in [0.29, 0.717) is 0 Å². The van der Waals surface area contributed by atoms with Crippen LogP contribution in [-0.2, 0) is 22.5 Å². The molecule has 0 aliphatic rings. The Kier molecular flexibility index (Phi) is 5.55. The topological polar surface area (TPSA) is 85.3 Å². The summed E-state index contributed by atoms with van der Waals surface area (Å²) >= 11 is 0. The molecule has 21 heavy (non-hydrogen) atoms. The second-order valence-electron chi connectivity index (χ2n) is 3.96. The van der Waals surface area contributed by atoms with E-state index in [9.17, 15) is 18.0 Å². The lowest BCUT2D eigenvalue weighted by atomic mass is 10.0. The van der Waals surface area contributed by atoms with Crippen molar-refractivity contribution in [3.05, 3.63) is 28.8 Å². The highest BCUT2D eigenvalue weighted by Gasteiger charge is 2.32. The van der Waals surface area contributed by atoms with Crippen LogP contribution in [0.3, 0.4) is 0 Å². The number of nitrogens with zero attached hydrogens (tertiary/aromatic N) is 1. The first-order valence-corrected chi connectivity index (χ1v) is 5.98. The summed E-state index contributed by atoms with van der Waals surface area (Å²) in [4.78, 5) is 11.4. The Labute approximate surface area is 119 Å². The molecule has 0 heterocycles. The molecule has 0 aromatic heterocycles. The van der Waals surface area contributed by atoms with Gasteiger partial charge >= 0.3 is 12.3 Å². The summed E-state index contributed by atoms with van der Waals surface area (Å²) in [6.07, 6.45) is -5.35. The van der Waals surface area contributed by atoms with Crippen LogP contribution in [0.5, 0.6) is 5.75 Å². The molecule has 1 aromatic carbocycles. The van der Waals surface area contributed by atoms with E-state index in [2.05, 4.69) is 9.47 Å². The molecule has 1 rings (SSSR count). The highest BCUT2D eigenvalue weighted by Crippen LogP contribution is 2.30. The average Bonchev–Trinajstić information content (AvgIpc) is 2.38. The molecule has 0 aliphatic carbocycles. The number of nitrogens with two attached hydrogens (primary N) is 1. The molecule has 0 spiro atoms. The van der Waals surface area contributed by atoms with Gasteiger partial charge in [-0.3, -0.25) is 4.79 Å². The number of nitriles is 1. The fraction of sp³-hybridized carbons (Fsp3) is 0.385. The van der Waals surface area contributed by atoms with Crippen LogP contribution in [-0.4, -0.2) is 18.9 Å². The van der Waals surface area contributed by atoms with Crippen LogP contribution in [0, 0.1) is 11.3 Å². The van der Waals surface area contributed by atoms with Gasteiger partial charge in [0.2, 0.25) is 0 Å². The molecule has 0 saturated heterocycles. The molecule has 0 aliphatic heterocycles. The maximum absolute atomic E-state index is 12.4. The van der Waals surface area contributed by atoms with Crippen molar-refractivity contribution in [2.45, 2.75) is 26.3 Å². The smallest absolute Gasteiger partial charge is 0.466 e. The molecule has 0 atom stereocenters. The normalized spacial score (nSPS) is 10.9. The van der Waals surface area contributed by atoms with Gasteiger partial charge < -0.3 is 15.2 Å². The van der Waals surface area contributed by atoms with Gasteiger partial charge in [0.15, 0.2) is 0 Å². The van der Waals surface area contributed by atoms with Crippen molar-refractivity contribution in [3.8, 4) is 11.8 Å². The van der Waals surface area contributed by atoms with Crippen molar-refractivity contribution in [2.24, 2.45) is 5.73 Å². The molecular formula is C13H13F3N2O3. The van der Waals surface area contributed by atoms with Gasteiger partial charge in [0, 0.05) is 12.1 Å². The zero-order valence-electron chi connectivity index (χ0n) is 11.2. The lowest BCUT2D eigenvalue weighted by Gasteiger charge is -2.15. The van der Waals surface area contributed by atoms with Crippen molar-refractivity contribution in [1.82, 2.24) is 0 Å². The molecule has 0 radical (unpaired) electrons. The number of ether oxygens (including phenoxy) is 2. The Morgan fingerprint density at radius 3 is 2.52 bits per heavy atom. The van der Waals surface area contributed by atoms with Gasteiger partial charge in [0.1, 0.15) is 5.75 Å². The third-order valence-corrected chi connectivity index (χ3v) is 2.49. The monoisotopic (exact) mass is 302 g/mol. The summed E-state index contributed by atoms with van der Waals surface area (Å²) in [5.74, 6) is -1.27. The fourth-order valence-corrected chi connectivity index (χ4v) is 1.67. The minimum Gasteiger partial charge on any atom is -0.466 e. The van der Waals surface area contributed by atoms with Crippen LogP contribution in [0.1, 0.15) is 23.6 Å². The summed E-state index contributed by atoms with van der Waals surface area (Å²) < 4.78 is 45.7. The van der Waals surface area contributed by atoms with E-state index < -0.39 is 24.5 Å². The molecule has 8 heteroatoms. The molecule has 0 unspecified atom stereocenters. The lowest BCUT2D eigenvalue weighted by Crippen LogP contribution is -2.20. The fourth-order valence-electron chi connectivity index (χ4n) is 1.67. The zero-order valence-corrected chi connectivity index (χ0v) is 11.2. The number of hydrogen-bond donors (Lipinski definition) is 1. The van der Waals surface area contributed by atoms with Crippen LogP contribution in [0.15, 0.2) is 12.1 Å². The van der Waals surface area contributed by atoms with E-state index in [0.717, 1.165) is 12.1 Å². The van der Waals surface area contributed by atoms with Crippen LogP contribution >= 0.6 is 0 Å². The molecule has 0 amide bonds. The number of halogens is 3. The molecule has 114 valence electrons. The maximum atomic E-state index is 12.4.